The second-order valence-electron chi connectivity index (χ2n) is 12.1. The van der Waals surface area contributed by atoms with E-state index in [0.717, 1.165) is 73.6 Å². The van der Waals surface area contributed by atoms with E-state index in [-0.39, 0.29) is 0 Å². The van der Waals surface area contributed by atoms with Gasteiger partial charge in [-0.25, -0.2) is 0 Å². The van der Waals surface area contributed by atoms with Crippen LogP contribution in [0.2, 0.25) is 0 Å². The van der Waals surface area contributed by atoms with Crippen LogP contribution in [0.15, 0.2) is 107 Å². The van der Waals surface area contributed by atoms with E-state index in [4.69, 9.17) is 19.5 Å². The number of nitrogens with one attached hydrogen (secondary N) is 4. The fraction of sp³-hybridized carbons (Fsp3) is 0.350. The number of guanidine groups is 2. The van der Waals surface area contributed by atoms with Crippen molar-refractivity contribution in [2.45, 2.75) is 53.4 Å². The predicted molar refractivity (Wildman–Crippen MR) is 204 cm³/mol. The Morgan fingerprint density at radius 2 is 0.646 bits per heavy atom. The van der Waals surface area contributed by atoms with E-state index < -0.39 is 0 Å². The van der Waals surface area contributed by atoms with Gasteiger partial charge in [-0.3, -0.25) is 9.98 Å². The van der Waals surface area contributed by atoms with E-state index in [1.807, 2.05) is 0 Å². The van der Waals surface area contributed by atoms with Gasteiger partial charge >= 0.3 is 0 Å². The first-order chi connectivity index (χ1) is 23.4. The van der Waals surface area contributed by atoms with Crippen molar-refractivity contribution in [2.75, 3.05) is 60.8 Å². The summed E-state index contributed by atoms with van der Waals surface area (Å²) >= 11 is 0. The molecule has 48 heavy (non-hydrogen) atoms. The third kappa shape index (κ3) is 14.4. The average molecular weight is 649 g/mol. The topological polar surface area (TPSA) is 91.3 Å². The maximum atomic E-state index is 5.86. The lowest BCUT2D eigenvalue weighted by atomic mass is 10.2. The van der Waals surface area contributed by atoms with Gasteiger partial charge in [-0.2, -0.15) is 0 Å². The number of rotatable bonds is 17. The van der Waals surface area contributed by atoms with Crippen molar-refractivity contribution in [3.05, 3.63) is 119 Å². The van der Waals surface area contributed by atoms with Gasteiger partial charge in [-0.15, -0.1) is 0 Å². The summed E-state index contributed by atoms with van der Waals surface area (Å²) in [5.74, 6) is 1.46. The van der Waals surface area contributed by atoms with Gasteiger partial charge in [0.2, 0.25) is 0 Å². The first-order valence-corrected chi connectivity index (χ1v) is 17.0. The number of benzene rings is 4. The number of anilines is 4. The molecule has 0 bridgehead atoms. The lowest BCUT2D eigenvalue weighted by Gasteiger charge is -2.13. The van der Waals surface area contributed by atoms with E-state index in [9.17, 15) is 0 Å². The zero-order chi connectivity index (χ0) is 33.8. The molecule has 0 aliphatic rings. The molecule has 0 radical (unpaired) electrons. The van der Waals surface area contributed by atoms with Crippen LogP contribution in [0.5, 0.6) is 0 Å². The van der Waals surface area contributed by atoms with E-state index in [1.165, 1.54) is 22.3 Å². The van der Waals surface area contributed by atoms with Crippen molar-refractivity contribution in [2.24, 2.45) is 9.98 Å². The van der Waals surface area contributed by atoms with E-state index >= 15 is 0 Å². The molecule has 254 valence electrons. The molecule has 0 atom stereocenters. The summed E-state index contributed by atoms with van der Waals surface area (Å²) in [6, 6.07) is 33.2. The molecule has 0 unspecified atom stereocenters. The molecule has 4 aromatic carbocycles. The molecule has 0 fully saturated rings. The Morgan fingerprint density at radius 1 is 0.396 bits per heavy atom. The number of nitrogens with zero attached hydrogens (tertiary/aromatic N) is 2. The Balaban J connectivity index is 1.08. The lowest BCUT2D eigenvalue weighted by molar-refractivity contribution is 0.102. The summed E-state index contributed by atoms with van der Waals surface area (Å²) in [6.45, 7) is 12.5. The van der Waals surface area contributed by atoms with Gasteiger partial charge in [0.05, 0.1) is 0 Å². The average Bonchev–Trinajstić information content (AvgIpc) is 3.08. The van der Waals surface area contributed by atoms with Crippen LogP contribution in [-0.4, -0.2) is 51.4 Å². The second-order valence-corrected chi connectivity index (χ2v) is 12.1. The Kier molecular flexibility index (Phi) is 15.5. The molecule has 0 saturated carbocycles. The fourth-order valence-electron chi connectivity index (χ4n) is 4.64. The standard InChI is InChI=1S/C40H52N6O2/c1-31-9-17-35(18-10-31)43-39(44-36-19-11-32(2)12-20-36)41-25-7-29-47-27-5-6-28-48-30-8-26-42-40(45-37-21-13-33(3)14-22-37)46-38-23-15-34(4)16-24-38/h9-24H,5-8,25-30H2,1-4H3,(H2,41,43,44)(H2,42,45,46). The Hall–Kier alpha value is -4.66. The van der Waals surface area contributed by atoms with Crippen LogP contribution in [0.1, 0.15) is 47.9 Å². The van der Waals surface area contributed by atoms with Crippen LogP contribution in [0.25, 0.3) is 0 Å². The van der Waals surface area contributed by atoms with Crippen LogP contribution in [0, 0.1) is 27.7 Å². The highest BCUT2D eigenvalue weighted by molar-refractivity contribution is 6.04. The van der Waals surface area contributed by atoms with Crippen molar-refractivity contribution in [3.8, 4) is 0 Å². The maximum Gasteiger partial charge on any atom is 0.200 e. The Labute approximate surface area is 287 Å². The van der Waals surface area contributed by atoms with Gasteiger partial charge in [0, 0.05) is 62.3 Å². The third-order valence-corrected chi connectivity index (χ3v) is 7.52. The van der Waals surface area contributed by atoms with Crippen molar-refractivity contribution >= 4 is 34.7 Å². The van der Waals surface area contributed by atoms with Gasteiger partial charge in [0.15, 0.2) is 11.9 Å². The minimum absolute atomic E-state index is 0.668. The van der Waals surface area contributed by atoms with Gasteiger partial charge in [0.25, 0.3) is 0 Å². The summed E-state index contributed by atoms with van der Waals surface area (Å²) in [5.41, 5.74) is 8.90. The van der Waals surface area contributed by atoms with E-state index in [1.54, 1.807) is 0 Å². The highest BCUT2D eigenvalue weighted by Gasteiger charge is 2.04. The number of hydrogen-bond donors (Lipinski definition) is 4. The van der Waals surface area contributed by atoms with Crippen molar-refractivity contribution in [1.29, 1.82) is 0 Å². The van der Waals surface area contributed by atoms with Crippen LogP contribution < -0.4 is 21.3 Å². The van der Waals surface area contributed by atoms with Gasteiger partial charge in [-0.1, -0.05) is 70.8 Å². The number of unbranched alkanes of at least 4 members (excludes halogenated alkanes) is 1. The summed E-state index contributed by atoms with van der Waals surface area (Å²) in [5, 5.41) is 13.6. The molecule has 0 amide bonds. The molecule has 0 aliphatic carbocycles. The maximum absolute atomic E-state index is 5.86. The highest BCUT2D eigenvalue weighted by atomic mass is 16.5. The number of aliphatic imine (C=N–C) groups is 2. The van der Waals surface area contributed by atoms with Crippen LogP contribution in [-0.2, 0) is 9.47 Å². The van der Waals surface area contributed by atoms with Crippen LogP contribution >= 0.6 is 0 Å². The van der Waals surface area contributed by atoms with Crippen molar-refractivity contribution in [3.63, 3.8) is 0 Å². The molecule has 0 heterocycles. The monoisotopic (exact) mass is 648 g/mol. The van der Waals surface area contributed by atoms with E-state index in [2.05, 4.69) is 146 Å². The number of hydrogen-bond acceptors (Lipinski definition) is 4. The summed E-state index contributed by atoms with van der Waals surface area (Å²) in [7, 11) is 0. The Morgan fingerprint density at radius 3 is 0.917 bits per heavy atom. The molecule has 0 saturated heterocycles. The fourth-order valence-corrected chi connectivity index (χ4v) is 4.64. The molecule has 0 aliphatic heterocycles. The minimum atomic E-state index is 0.668. The zero-order valence-corrected chi connectivity index (χ0v) is 29.0. The summed E-state index contributed by atoms with van der Waals surface area (Å²) in [6.07, 6.45) is 3.65. The molecule has 4 aromatic rings. The largest absolute Gasteiger partial charge is 0.381 e. The van der Waals surface area contributed by atoms with Gasteiger partial charge in [0.1, 0.15) is 0 Å². The van der Waals surface area contributed by atoms with Crippen molar-refractivity contribution < 1.29 is 9.47 Å². The lowest BCUT2D eigenvalue weighted by Crippen LogP contribution is -2.22. The van der Waals surface area contributed by atoms with Crippen molar-refractivity contribution in [1.82, 2.24) is 0 Å². The van der Waals surface area contributed by atoms with Crippen LogP contribution in [0.3, 0.4) is 0 Å². The molecule has 0 aromatic heterocycles. The summed E-state index contributed by atoms with van der Waals surface area (Å²) in [4.78, 5) is 9.56. The van der Waals surface area contributed by atoms with E-state index in [0.29, 0.717) is 26.3 Å². The number of ether oxygens (including phenoxy) is 2. The SMILES string of the molecule is Cc1ccc(NC(=NCCCOCCCCOCCCN=C(Nc2ccc(C)cc2)Nc2ccc(C)cc2)Nc2ccc(C)cc2)cc1. The normalized spacial score (nSPS) is 10.7. The zero-order valence-electron chi connectivity index (χ0n) is 29.0. The molecule has 4 rings (SSSR count). The predicted octanol–water partition coefficient (Wildman–Crippen LogP) is 8.97. The first kappa shape index (κ1) is 36.2. The second kappa shape index (κ2) is 20.5. The third-order valence-electron chi connectivity index (χ3n) is 7.52. The Bertz CT molecular complexity index is 1320. The highest BCUT2D eigenvalue weighted by Crippen LogP contribution is 2.14. The summed E-state index contributed by atoms with van der Waals surface area (Å²) < 4.78 is 11.7. The quantitative estimate of drug-likeness (QED) is 0.0519. The first-order valence-electron chi connectivity index (χ1n) is 17.0. The molecule has 8 heteroatoms. The molecular formula is C40H52N6O2. The molecule has 8 nitrogen and oxygen atoms in total. The van der Waals surface area contributed by atoms with Gasteiger partial charge < -0.3 is 30.7 Å². The number of aryl methyl sites for hydroxylation is 4. The molecule has 4 N–H and O–H groups in total. The van der Waals surface area contributed by atoms with Gasteiger partial charge in [-0.05, 0) is 102 Å². The smallest absolute Gasteiger partial charge is 0.200 e. The molecular weight excluding hydrogens is 596 g/mol. The molecule has 0 spiro atoms. The minimum Gasteiger partial charge on any atom is -0.381 e. The van der Waals surface area contributed by atoms with Crippen LogP contribution in [0.4, 0.5) is 22.7 Å².